The summed E-state index contributed by atoms with van der Waals surface area (Å²) < 4.78 is 5.63. The standard InChI is InChI=1S/C12H11NO2/c13-7-10-6-9(8-14)4-5-12(10)15-11-2-1-3-11/h4-6,8,11H,1-3H2. The van der Waals surface area contributed by atoms with E-state index in [1.54, 1.807) is 18.2 Å². The van der Waals surface area contributed by atoms with Crippen molar-refractivity contribution in [3.05, 3.63) is 29.3 Å². The zero-order valence-corrected chi connectivity index (χ0v) is 8.27. The molecule has 3 heteroatoms. The molecule has 1 aliphatic carbocycles. The highest BCUT2D eigenvalue weighted by Gasteiger charge is 2.20. The van der Waals surface area contributed by atoms with E-state index in [4.69, 9.17) is 10.00 Å². The number of benzene rings is 1. The molecule has 0 bridgehead atoms. The van der Waals surface area contributed by atoms with E-state index in [-0.39, 0.29) is 6.10 Å². The van der Waals surface area contributed by atoms with Crippen molar-refractivity contribution < 1.29 is 9.53 Å². The number of carbonyl (C=O) groups is 1. The van der Waals surface area contributed by atoms with Gasteiger partial charge in [-0.3, -0.25) is 4.79 Å². The van der Waals surface area contributed by atoms with Crippen molar-refractivity contribution in [2.45, 2.75) is 25.4 Å². The number of hydrogen-bond acceptors (Lipinski definition) is 3. The number of nitrogens with zero attached hydrogens (tertiary/aromatic N) is 1. The zero-order valence-electron chi connectivity index (χ0n) is 8.27. The van der Waals surface area contributed by atoms with Gasteiger partial charge in [-0.25, -0.2) is 0 Å². The van der Waals surface area contributed by atoms with Crippen LogP contribution in [0, 0.1) is 11.3 Å². The fraction of sp³-hybridized carbons (Fsp3) is 0.333. The molecule has 0 radical (unpaired) electrons. The average Bonchev–Trinajstić information content (AvgIpc) is 2.23. The monoisotopic (exact) mass is 201 g/mol. The predicted octanol–water partition coefficient (Wildman–Crippen LogP) is 2.30. The maximum Gasteiger partial charge on any atom is 0.150 e. The third kappa shape index (κ3) is 1.99. The molecule has 1 aromatic carbocycles. The first kappa shape index (κ1) is 9.72. The van der Waals surface area contributed by atoms with Crippen LogP contribution in [0.1, 0.15) is 35.2 Å². The number of rotatable bonds is 3. The lowest BCUT2D eigenvalue weighted by Gasteiger charge is -2.26. The molecule has 0 amide bonds. The van der Waals surface area contributed by atoms with E-state index < -0.39 is 0 Å². The van der Waals surface area contributed by atoms with Gasteiger partial charge in [0, 0.05) is 5.56 Å². The molecule has 1 fully saturated rings. The van der Waals surface area contributed by atoms with Crippen LogP contribution in [0.4, 0.5) is 0 Å². The minimum Gasteiger partial charge on any atom is -0.489 e. The summed E-state index contributed by atoms with van der Waals surface area (Å²) in [5.41, 5.74) is 0.944. The van der Waals surface area contributed by atoms with Crippen LogP contribution in [0.25, 0.3) is 0 Å². The number of hydrogen-bond donors (Lipinski definition) is 0. The maximum atomic E-state index is 10.5. The van der Waals surface area contributed by atoms with Crippen LogP contribution in [-0.4, -0.2) is 12.4 Å². The largest absolute Gasteiger partial charge is 0.489 e. The van der Waals surface area contributed by atoms with Gasteiger partial charge in [-0.05, 0) is 37.5 Å². The maximum absolute atomic E-state index is 10.5. The van der Waals surface area contributed by atoms with E-state index in [1.807, 2.05) is 6.07 Å². The summed E-state index contributed by atoms with van der Waals surface area (Å²) in [4.78, 5) is 10.5. The summed E-state index contributed by atoms with van der Waals surface area (Å²) in [6.07, 6.45) is 4.28. The van der Waals surface area contributed by atoms with Crippen molar-refractivity contribution in [1.29, 1.82) is 5.26 Å². The quantitative estimate of drug-likeness (QED) is 0.705. The van der Waals surface area contributed by atoms with Crippen molar-refractivity contribution in [3.8, 4) is 11.8 Å². The molecule has 0 aromatic heterocycles. The van der Waals surface area contributed by atoms with Crippen LogP contribution in [0.2, 0.25) is 0 Å². The Hall–Kier alpha value is -1.82. The first-order chi connectivity index (χ1) is 7.33. The van der Waals surface area contributed by atoms with Gasteiger partial charge in [-0.1, -0.05) is 0 Å². The van der Waals surface area contributed by atoms with Gasteiger partial charge in [-0.2, -0.15) is 5.26 Å². The highest BCUT2D eigenvalue weighted by molar-refractivity contribution is 5.76. The molecule has 76 valence electrons. The van der Waals surface area contributed by atoms with Crippen LogP contribution >= 0.6 is 0 Å². The normalized spacial score (nSPS) is 15.1. The Bertz CT molecular complexity index is 416. The average molecular weight is 201 g/mol. The number of aldehydes is 1. The first-order valence-electron chi connectivity index (χ1n) is 4.99. The fourth-order valence-electron chi connectivity index (χ4n) is 1.48. The highest BCUT2D eigenvalue weighted by atomic mass is 16.5. The van der Waals surface area contributed by atoms with E-state index in [9.17, 15) is 4.79 Å². The molecule has 1 saturated carbocycles. The predicted molar refractivity (Wildman–Crippen MR) is 54.8 cm³/mol. The molecule has 15 heavy (non-hydrogen) atoms. The van der Waals surface area contributed by atoms with Gasteiger partial charge >= 0.3 is 0 Å². The molecule has 0 heterocycles. The molecule has 0 atom stereocenters. The molecule has 0 N–H and O–H groups in total. The van der Waals surface area contributed by atoms with Gasteiger partial charge in [0.05, 0.1) is 11.7 Å². The zero-order chi connectivity index (χ0) is 10.7. The van der Waals surface area contributed by atoms with Gasteiger partial charge in [0.15, 0.2) is 0 Å². The summed E-state index contributed by atoms with van der Waals surface area (Å²) in [6.45, 7) is 0. The summed E-state index contributed by atoms with van der Waals surface area (Å²) in [5.74, 6) is 0.591. The molecular weight excluding hydrogens is 190 g/mol. The molecule has 1 aliphatic rings. The third-order valence-corrected chi connectivity index (χ3v) is 2.61. The molecule has 1 aromatic rings. The van der Waals surface area contributed by atoms with Crippen LogP contribution in [-0.2, 0) is 0 Å². The van der Waals surface area contributed by atoms with Crippen molar-refractivity contribution in [1.82, 2.24) is 0 Å². The van der Waals surface area contributed by atoms with E-state index >= 15 is 0 Å². The Labute approximate surface area is 88.3 Å². The SMILES string of the molecule is N#Cc1cc(C=O)ccc1OC1CCC1. The summed E-state index contributed by atoms with van der Waals surface area (Å²) in [5, 5.41) is 8.90. The van der Waals surface area contributed by atoms with E-state index in [0.29, 0.717) is 16.9 Å². The minimum atomic E-state index is 0.249. The van der Waals surface area contributed by atoms with Crippen LogP contribution in [0.3, 0.4) is 0 Å². The molecule has 0 unspecified atom stereocenters. The lowest BCUT2D eigenvalue weighted by Crippen LogP contribution is -2.24. The van der Waals surface area contributed by atoms with E-state index in [1.165, 1.54) is 6.42 Å². The Morgan fingerprint density at radius 2 is 2.27 bits per heavy atom. The van der Waals surface area contributed by atoms with Crippen molar-refractivity contribution in [3.63, 3.8) is 0 Å². The van der Waals surface area contributed by atoms with Gasteiger partial charge in [0.2, 0.25) is 0 Å². The van der Waals surface area contributed by atoms with Gasteiger partial charge in [0.25, 0.3) is 0 Å². The summed E-state index contributed by atoms with van der Waals surface area (Å²) >= 11 is 0. The smallest absolute Gasteiger partial charge is 0.150 e. The Morgan fingerprint density at radius 3 is 2.80 bits per heavy atom. The lowest BCUT2D eigenvalue weighted by molar-refractivity contribution is 0.112. The van der Waals surface area contributed by atoms with E-state index in [0.717, 1.165) is 19.1 Å². The molecule has 2 rings (SSSR count). The number of ether oxygens (including phenoxy) is 1. The lowest BCUT2D eigenvalue weighted by atomic mass is 9.96. The second-order valence-electron chi connectivity index (χ2n) is 3.66. The Kier molecular flexibility index (Phi) is 2.68. The van der Waals surface area contributed by atoms with E-state index in [2.05, 4.69) is 0 Å². The second-order valence-corrected chi connectivity index (χ2v) is 3.66. The molecular formula is C12H11NO2. The van der Waals surface area contributed by atoms with Crippen LogP contribution < -0.4 is 4.74 Å². The minimum absolute atomic E-state index is 0.249. The fourth-order valence-corrected chi connectivity index (χ4v) is 1.48. The van der Waals surface area contributed by atoms with Crippen LogP contribution in [0.5, 0.6) is 5.75 Å². The van der Waals surface area contributed by atoms with Gasteiger partial charge < -0.3 is 4.74 Å². The highest BCUT2D eigenvalue weighted by Crippen LogP contribution is 2.27. The second kappa shape index (κ2) is 4.14. The number of nitriles is 1. The molecule has 0 spiro atoms. The Balaban J connectivity index is 2.22. The molecule has 0 saturated heterocycles. The van der Waals surface area contributed by atoms with Crippen molar-refractivity contribution in [2.24, 2.45) is 0 Å². The molecule has 0 aliphatic heterocycles. The third-order valence-electron chi connectivity index (χ3n) is 2.61. The molecule has 3 nitrogen and oxygen atoms in total. The van der Waals surface area contributed by atoms with Crippen LogP contribution in [0.15, 0.2) is 18.2 Å². The Morgan fingerprint density at radius 1 is 1.47 bits per heavy atom. The van der Waals surface area contributed by atoms with Crippen molar-refractivity contribution in [2.75, 3.05) is 0 Å². The summed E-state index contributed by atoms with van der Waals surface area (Å²) in [6, 6.07) is 6.96. The number of carbonyl (C=O) groups excluding carboxylic acids is 1. The van der Waals surface area contributed by atoms with Crippen molar-refractivity contribution >= 4 is 6.29 Å². The summed E-state index contributed by atoms with van der Waals surface area (Å²) in [7, 11) is 0. The van der Waals surface area contributed by atoms with Gasteiger partial charge in [0.1, 0.15) is 18.1 Å². The van der Waals surface area contributed by atoms with Gasteiger partial charge in [-0.15, -0.1) is 0 Å². The topological polar surface area (TPSA) is 50.1 Å². The first-order valence-corrected chi connectivity index (χ1v) is 4.99.